The van der Waals surface area contributed by atoms with E-state index in [1.54, 1.807) is 17.8 Å². The summed E-state index contributed by atoms with van der Waals surface area (Å²) >= 11 is 7.62. The number of amides is 1. The van der Waals surface area contributed by atoms with Gasteiger partial charge >= 0.3 is 0 Å². The zero-order valence-corrected chi connectivity index (χ0v) is 11.1. The highest BCUT2D eigenvalue weighted by Crippen LogP contribution is 2.24. The van der Waals surface area contributed by atoms with Gasteiger partial charge in [0.1, 0.15) is 0 Å². The summed E-state index contributed by atoms with van der Waals surface area (Å²) in [7, 11) is 0. The number of nitrogens with two attached hydrogens (primary N) is 1. The SMILES string of the molecule is CSc1ccc(Cl)c(C(=O)NC2CC(N)C2)c1. The molecule has 2 rings (SSSR count). The molecule has 1 aliphatic carbocycles. The number of hydrogen-bond acceptors (Lipinski definition) is 3. The van der Waals surface area contributed by atoms with Crippen molar-refractivity contribution in [3.05, 3.63) is 28.8 Å². The van der Waals surface area contributed by atoms with E-state index in [2.05, 4.69) is 5.32 Å². The van der Waals surface area contributed by atoms with Crippen LogP contribution in [0.25, 0.3) is 0 Å². The van der Waals surface area contributed by atoms with Crippen LogP contribution in [0.3, 0.4) is 0 Å². The summed E-state index contributed by atoms with van der Waals surface area (Å²) in [6, 6.07) is 5.92. The molecule has 3 nitrogen and oxygen atoms in total. The van der Waals surface area contributed by atoms with Crippen molar-refractivity contribution in [1.29, 1.82) is 0 Å². The Morgan fingerprint density at radius 1 is 1.53 bits per heavy atom. The van der Waals surface area contributed by atoms with E-state index in [-0.39, 0.29) is 18.0 Å². The Bertz CT molecular complexity index is 433. The maximum Gasteiger partial charge on any atom is 0.253 e. The van der Waals surface area contributed by atoms with E-state index >= 15 is 0 Å². The molecule has 0 bridgehead atoms. The normalized spacial score (nSPS) is 23.0. The fourth-order valence-electron chi connectivity index (χ4n) is 1.85. The highest BCUT2D eigenvalue weighted by molar-refractivity contribution is 7.98. The molecule has 92 valence electrons. The first-order valence-electron chi connectivity index (χ1n) is 5.50. The van der Waals surface area contributed by atoms with Crippen LogP contribution in [0.1, 0.15) is 23.2 Å². The summed E-state index contributed by atoms with van der Waals surface area (Å²) < 4.78 is 0. The molecule has 0 saturated heterocycles. The number of carbonyl (C=O) groups is 1. The molecule has 3 N–H and O–H groups in total. The fourth-order valence-corrected chi connectivity index (χ4v) is 2.49. The van der Waals surface area contributed by atoms with Gasteiger partial charge in [-0.2, -0.15) is 0 Å². The van der Waals surface area contributed by atoms with Gasteiger partial charge in [0.2, 0.25) is 0 Å². The van der Waals surface area contributed by atoms with Crippen LogP contribution in [0.15, 0.2) is 23.1 Å². The highest BCUT2D eigenvalue weighted by Gasteiger charge is 2.27. The van der Waals surface area contributed by atoms with Crippen LogP contribution in [0, 0.1) is 0 Å². The first-order chi connectivity index (χ1) is 8.10. The number of rotatable bonds is 3. The third kappa shape index (κ3) is 2.94. The second-order valence-corrected chi connectivity index (χ2v) is 5.53. The molecule has 17 heavy (non-hydrogen) atoms. The number of carbonyl (C=O) groups excluding carboxylic acids is 1. The quantitative estimate of drug-likeness (QED) is 0.829. The van der Waals surface area contributed by atoms with Crippen molar-refractivity contribution in [1.82, 2.24) is 5.32 Å². The summed E-state index contributed by atoms with van der Waals surface area (Å²) in [6.07, 6.45) is 3.67. The zero-order chi connectivity index (χ0) is 12.4. The lowest BCUT2D eigenvalue weighted by Crippen LogP contribution is -2.50. The number of hydrogen-bond donors (Lipinski definition) is 2. The van der Waals surface area contributed by atoms with E-state index in [4.69, 9.17) is 17.3 Å². The first kappa shape index (κ1) is 12.7. The summed E-state index contributed by atoms with van der Waals surface area (Å²) in [5.41, 5.74) is 6.22. The molecule has 1 amide bonds. The van der Waals surface area contributed by atoms with Crippen molar-refractivity contribution < 1.29 is 4.79 Å². The standard InChI is InChI=1S/C12H15ClN2OS/c1-17-9-2-3-11(13)10(6-9)12(16)15-8-4-7(14)5-8/h2-3,6-8H,4-5,14H2,1H3,(H,15,16). The van der Waals surface area contributed by atoms with Crippen LogP contribution < -0.4 is 11.1 Å². The van der Waals surface area contributed by atoms with Gasteiger partial charge in [-0.25, -0.2) is 0 Å². The molecule has 0 aromatic heterocycles. The predicted octanol–water partition coefficient (Wildman–Crippen LogP) is 2.28. The van der Waals surface area contributed by atoms with Crippen molar-refractivity contribution in [3.63, 3.8) is 0 Å². The van der Waals surface area contributed by atoms with E-state index in [1.165, 1.54) is 0 Å². The zero-order valence-electron chi connectivity index (χ0n) is 9.57. The third-order valence-electron chi connectivity index (χ3n) is 2.93. The molecule has 0 aliphatic heterocycles. The molecule has 0 heterocycles. The molecule has 0 unspecified atom stereocenters. The number of benzene rings is 1. The summed E-state index contributed by atoms with van der Waals surface area (Å²) in [5.74, 6) is -0.109. The van der Waals surface area contributed by atoms with E-state index in [1.807, 2.05) is 18.4 Å². The Morgan fingerprint density at radius 3 is 2.82 bits per heavy atom. The largest absolute Gasteiger partial charge is 0.349 e. The summed E-state index contributed by atoms with van der Waals surface area (Å²) in [4.78, 5) is 13.0. The number of halogens is 1. The Morgan fingerprint density at radius 2 is 2.24 bits per heavy atom. The van der Waals surface area contributed by atoms with Crippen LogP contribution in [-0.4, -0.2) is 24.2 Å². The van der Waals surface area contributed by atoms with E-state index < -0.39 is 0 Å². The molecule has 0 atom stereocenters. The van der Waals surface area contributed by atoms with Crippen LogP contribution >= 0.6 is 23.4 Å². The lowest BCUT2D eigenvalue weighted by molar-refractivity contribution is 0.0910. The first-order valence-corrected chi connectivity index (χ1v) is 7.10. The van der Waals surface area contributed by atoms with Gasteiger partial charge in [0.25, 0.3) is 5.91 Å². The summed E-state index contributed by atoms with van der Waals surface area (Å²) in [5, 5.41) is 3.43. The van der Waals surface area contributed by atoms with Gasteiger partial charge in [0.05, 0.1) is 10.6 Å². The van der Waals surface area contributed by atoms with Crippen LogP contribution in [-0.2, 0) is 0 Å². The number of nitrogens with one attached hydrogen (secondary N) is 1. The van der Waals surface area contributed by atoms with Crippen molar-refractivity contribution in [2.75, 3.05) is 6.26 Å². The fraction of sp³-hybridized carbons (Fsp3) is 0.417. The third-order valence-corrected chi connectivity index (χ3v) is 3.98. The van der Waals surface area contributed by atoms with Crippen LogP contribution in [0.2, 0.25) is 5.02 Å². The van der Waals surface area contributed by atoms with Gasteiger partial charge < -0.3 is 11.1 Å². The average molecular weight is 271 g/mol. The van der Waals surface area contributed by atoms with Gasteiger partial charge in [0.15, 0.2) is 0 Å². The van der Waals surface area contributed by atoms with Crippen molar-refractivity contribution in [2.45, 2.75) is 29.8 Å². The lowest BCUT2D eigenvalue weighted by Gasteiger charge is -2.33. The maximum absolute atomic E-state index is 12.0. The minimum atomic E-state index is -0.109. The molecule has 1 fully saturated rings. The van der Waals surface area contributed by atoms with E-state index in [0.29, 0.717) is 10.6 Å². The molecule has 5 heteroatoms. The lowest BCUT2D eigenvalue weighted by atomic mass is 9.87. The molecule has 1 aliphatic rings. The Hall–Kier alpha value is -0.710. The van der Waals surface area contributed by atoms with Gasteiger partial charge in [-0.05, 0) is 37.3 Å². The second-order valence-electron chi connectivity index (χ2n) is 4.25. The molecule has 0 spiro atoms. The van der Waals surface area contributed by atoms with E-state index in [0.717, 1.165) is 17.7 Å². The Kier molecular flexibility index (Phi) is 3.97. The average Bonchev–Trinajstić information content (AvgIpc) is 2.27. The predicted molar refractivity (Wildman–Crippen MR) is 71.7 cm³/mol. The molecule has 1 saturated carbocycles. The van der Waals surface area contributed by atoms with Gasteiger partial charge in [0, 0.05) is 17.0 Å². The van der Waals surface area contributed by atoms with Crippen LogP contribution in [0.5, 0.6) is 0 Å². The minimum absolute atomic E-state index is 0.109. The molecule has 1 aromatic carbocycles. The van der Waals surface area contributed by atoms with Crippen molar-refractivity contribution >= 4 is 29.3 Å². The molecular weight excluding hydrogens is 256 g/mol. The van der Waals surface area contributed by atoms with Crippen molar-refractivity contribution in [2.24, 2.45) is 5.73 Å². The topological polar surface area (TPSA) is 55.1 Å². The minimum Gasteiger partial charge on any atom is -0.349 e. The van der Waals surface area contributed by atoms with Crippen LogP contribution in [0.4, 0.5) is 0 Å². The van der Waals surface area contributed by atoms with Gasteiger partial charge in [-0.1, -0.05) is 11.6 Å². The van der Waals surface area contributed by atoms with Crippen molar-refractivity contribution in [3.8, 4) is 0 Å². The van der Waals surface area contributed by atoms with Gasteiger partial charge in [-0.3, -0.25) is 4.79 Å². The Balaban J connectivity index is 2.07. The Labute approximate surface area is 110 Å². The smallest absolute Gasteiger partial charge is 0.253 e. The molecular formula is C12H15ClN2OS. The monoisotopic (exact) mass is 270 g/mol. The highest BCUT2D eigenvalue weighted by atomic mass is 35.5. The summed E-state index contributed by atoms with van der Waals surface area (Å²) in [6.45, 7) is 0. The molecule has 1 aromatic rings. The maximum atomic E-state index is 12.0. The van der Waals surface area contributed by atoms with Gasteiger partial charge in [-0.15, -0.1) is 11.8 Å². The molecule has 0 radical (unpaired) electrons. The second kappa shape index (κ2) is 5.29. The van der Waals surface area contributed by atoms with E-state index in [9.17, 15) is 4.79 Å². The number of thioether (sulfide) groups is 1.